The standard InChI is InChI=1S/C16H26N2/c1-3-18(13-16-5-4-10-17-11-16)12-15-8-6-14(2)7-9-15/h6-9,16-17H,3-5,10-13H2,1-2H3. The summed E-state index contributed by atoms with van der Waals surface area (Å²) >= 11 is 0. The Morgan fingerprint density at radius 2 is 2.06 bits per heavy atom. The Morgan fingerprint density at radius 3 is 2.67 bits per heavy atom. The van der Waals surface area contributed by atoms with Gasteiger partial charge in [-0.2, -0.15) is 0 Å². The van der Waals surface area contributed by atoms with Crippen molar-refractivity contribution >= 4 is 0 Å². The summed E-state index contributed by atoms with van der Waals surface area (Å²) < 4.78 is 0. The summed E-state index contributed by atoms with van der Waals surface area (Å²) in [6.07, 6.45) is 2.73. The van der Waals surface area contributed by atoms with E-state index in [4.69, 9.17) is 0 Å². The number of nitrogens with zero attached hydrogens (tertiary/aromatic N) is 1. The second-order valence-corrected chi connectivity index (χ2v) is 5.53. The van der Waals surface area contributed by atoms with Crippen molar-refractivity contribution in [1.82, 2.24) is 10.2 Å². The van der Waals surface area contributed by atoms with E-state index in [9.17, 15) is 0 Å². The smallest absolute Gasteiger partial charge is 0.0233 e. The van der Waals surface area contributed by atoms with Crippen LogP contribution in [0.15, 0.2) is 24.3 Å². The van der Waals surface area contributed by atoms with E-state index in [1.54, 1.807) is 0 Å². The van der Waals surface area contributed by atoms with Gasteiger partial charge in [-0.1, -0.05) is 36.8 Å². The highest BCUT2D eigenvalue weighted by Gasteiger charge is 2.16. The first kappa shape index (κ1) is 13.6. The molecule has 1 aromatic carbocycles. The van der Waals surface area contributed by atoms with Crippen molar-refractivity contribution in [3.8, 4) is 0 Å². The lowest BCUT2D eigenvalue weighted by Gasteiger charge is -2.29. The topological polar surface area (TPSA) is 15.3 Å². The zero-order chi connectivity index (χ0) is 12.8. The van der Waals surface area contributed by atoms with Gasteiger partial charge in [-0.3, -0.25) is 4.90 Å². The molecule has 0 bridgehead atoms. The molecule has 1 heterocycles. The first-order chi connectivity index (χ1) is 8.78. The molecule has 18 heavy (non-hydrogen) atoms. The fraction of sp³-hybridized carbons (Fsp3) is 0.625. The molecular formula is C16H26N2. The summed E-state index contributed by atoms with van der Waals surface area (Å²) in [5.74, 6) is 0.837. The van der Waals surface area contributed by atoms with E-state index >= 15 is 0 Å². The Balaban J connectivity index is 1.86. The Morgan fingerprint density at radius 1 is 1.28 bits per heavy atom. The van der Waals surface area contributed by atoms with Gasteiger partial charge in [-0.25, -0.2) is 0 Å². The molecule has 0 aliphatic carbocycles. The molecule has 0 amide bonds. The van der Waals surface area contributed by atoms with Gasteiger partial charge >= 0.3 is 0 Å². The van der Waals surface area contributed by atoms with Crippen molar-refractivity contribution in [3.63, 3.8) is 0 Å². The molecule has 1 saturated heterocycles. The summed E-state index contributed by atoms with van der Waals surface area (Å²) in [6, 6.07) is 8.95. The maximum atomic E-state index is 3.51. The lowest BCUT2D eigenvalue weighted by Crippen LogP contribution is -2.38. The van der Waals surface area contributed by atoms with Gasteiger partial charge in [0.2, 0.25) is 0 Å². The molecule has 0 aromatic heterocycles. The molecule has 1 aromatic rings. The summed E-state index contributed by atoms with van der Waals surface area (Å²) in [7, 11) is 0. The second-order valence-electron chi connectivity index (χ2n) is 5.53. The third-order valence-electron chi connectivity index (χ3n) is 3.89. The molecule has 0 spiro atoms. The maximum Gasteiger partial charge on any atom is 0.0233 e. The molecule has 1 fully saturated rings. The van der Waals surface area contributed by atoms with Crippen LogP contribution in [-0.2, 0) is 6.54 Å². The molecular weight excluding hydrogens is 220 g/mol. The number of piperidine rings is 1. The zero-order valence-electron chi connectivity index (χ0n) is 11.8. The van der Waals surface area contributed by atoms with Gasteiger partial charge in [-0.15, -0.1) is 0 Å². The average molecular weight is 246 g/mol. The number of hydrogen-bond acceptors (Lipinski definition) is 2. The van der Waals surface area contributed by atoms with Crippen LogP contribution in [0.2, 0.25) is 0 Å². The molecule has 2 heteroatoms. The first-order valence-electron chi connectivity index (χ1n) is 7.26. The number of benzene rings is 1. The minimum Gasteiger partial charge on any atom is -0.316 e. The van der Waals surface area contributed by atoms with Gasteiger partial charge < -0.3 is 5.32 Å². The van der Waals surface area contributed by atoms with Crippen molar-refractivity contribution < 1.29 is 0 Å². The van der Waals surface area contributed by atoms with E-state index < -0.39 is 0 Å². The van der Waals surface area contributed by atoms with Crippen LogP contribution in [0.4, 0.5) is 0 Å². The van der Waals surface area contributed by atoms with Gasteiger partial charge in [-0.05, 0) is 50.9 Å². The molecule has 0 radical (unpaired) electrons. The van der Waals surface area contributed by atoms with Crippen LogP contribution in [0.1, 0.15) is 30.9 Å². The van der Waals surface area contributed by atoms with E-state index in [2.05, 4.69) is 48.3 Å². The van der Waals surface area contributed by atoms with Crippen molar-refractivity contribution in [2.24, 2.45) is 5.92 Å². The van der Waals surface area contributed by atoms with Gasteiger partial charge in [0, 0.05) is 13.1 Å². The Kier molecular flexibility index (Phi) is 5.21. The van der Waals surface area contributed by atoms with E-state index in [1.165, 1.54) is 43.6 Å². The molecule has 2 rings (SSSR count). The predicted octanol–water partition coefficient (Wildman–Crippen LogP) is 2.82. The minimum absolute atomic E-state index is 0.837. The minimum atomic E-state index is 0.837. The fourth-order valence-electron chi connectivity index (χ4n) is 2.70. The summed E-state index contributed by atoms with van der Waals surface area (Å²) in [6.45, 7) is 10.3. The molecule has 1 aliphatic heterocycles. The first-order valence-corrected chi connectivity index (χ1v) is 7.26. The molecule has 1 atom stereocenters. The highest BCUT2D eigenvalue weighted by atomic mass is 15.1. The van der Waals surface area contributed by atoms with Crippen LogP contribution in [-0.4, -0.2) is 31.1 Å². The molecule has 100 valence electrons. The second kappa shape index (κ2) is 6.91. The fourth-order valence-corrected chi connectivity index (χ4v) is 2.70. The van der Waals surface area contributed by atoms with Crippen molar-refractivity contribution in [3.05, 3.63) is 35.4 Å². The highest BCUT2D eigenvalue weighted by Crippen LogP contribution is 2.14. The maximum absolute atomic E-state index is 3.51. The van der Waals surface area contributed by atoms with Crippen molar-refractivity contribution in [2.45, 2.75) is 33.2 Å². The number of hydrogen-bond donors (Lipinski definition) is 1. The van der Waals surface area contributed by atoms with E-state index in [0.29, 0.717) is 0 Å². The lowest BCUT2D eigenvalue weighted by atomic mass is 9.99. The van der Waals surface area contributed by atoms with Crippen LogP contribution in [0.25, 0.3) is 0 Å². The van der Waals surface area contributed by atoms with E-state index in [-0.39, 0.29) is 0 Å². The predicted molar refractivity (Wildman–Crippen MR) is 77.7 cm³/mol. The number of aryl methyl sites for hydroxylation is 1. The van der Waals surface area contributed by atoms with Crippen LogP contribution in [0, 0.1) is 12.8 Å². The number of rotatable bonds is 5. The quantitative estimate of drug-likeness (QED) is 0.859. The summed E-state index contributed by atoms with van der Waals surface area (Å²) in [4.78, 5) is 2.57. The normalized spacial score (nSPS) is 20.3. The Hall–Kier alpha value is -0.860. The molecule has 1 aliphatic rings. The largest absolute Gasteiger partial charge is 0.316 e. The van der Waals surface area contributed by atoms with Gasteiger partial charge in [0.25, 0.3) is 0 Å². The number of nitrogens with one attached hydrogen (secondary N) is 1. The van der Waals surface area contributed by atoms with E-state index in [1.807, 2.05) is 0 Å². The molecule has 1 unspecified atom stereocenters. The monoisotopic (exact) mass is 246 g/mol. The highest BCUT2D eigenvalue weighted by molar-refractivity contribution is 5.21. The molecule has 1 N–H and O–H groups in total. The third kappa shape index (κ3) is 4.11. The SMILES string of the molecule is CCN(Cc1ccc(C)cc1)CC1CCCNC1. The Bertz CT molecular complexity index is 339. The van der Waals surface area contributed by atoms with Crippen LogP contribution >= 0.6 is 0 Å². The molecule has 2 nitrogen and oxygen atoms in total. The van der Waals surface area contributed by atoms with Gasteiger partial charge in [0.15, 0.2) is 0 Å². The zero-order valence-corrected chi connectivity index (χ0v) is 11.8. The van der Waals surface area contributed by atoms with Crippen LogP contribution in [0.5, 0.6) is 0 Å². The lowest BCUT2D eigenvalue weighted by molar-refractivity contribution is 0.209. The van der Waals surface area contributed by atoms with E-state index in [0.717, 1.165) is 19.0 Å². The summed E-state index contributed by atoms with van der Waals surface area (Å²) in [5.41, 5.74) is 2.78. The Labute approximate surface area is 111 Å². The van der Waals surface area contributed by atoms with Crippen molar-refractivity contribution in [2.75, 3.05) is 26.2 Å². The molecule has 0 saturated carbocycles. The van der Waals surface area contributed by atoms with Crippen molar-refractivity contribution in [1.29, 1.82) is 0 Å². The van der Waals surface area contributed by atoms with Gasteiger partial charge in [0.1, 0.15) is 0 Å². The van der Waals surface area contributed by atoms with Gasteiger partial charge in [0.05, 0.1) is 0 Å². The summed E-state index contributed by atoms with van der Waals surface area (Å²) in [5, 5.41) is 3.51. The van der Waals surface area contributed by atoms with Crippen LogP contribution in [0.3, 0.4) is 0 Å². The third-order valence-corrected chi connectivity index (χ3v) is 3.89. The average Bonchev–Trinajstić information content (AvgIpc) is 2.41. The van der Waals surface area contributed by atoms with Crippen LogP contribution < -0.4 is 5.32 Å².